The van der Waals surface area contributed by atoms with E-state index in [0.29, 0.717) is 5.92 Å². The molecule has 0 aromatic carbocycles. The predicted molar refractivity (Wildman–Crippen MR) is 65.2 cm³/mol. The molecule has 1 N–H and O–H groups in total. The summed E-state index contributed by atoms with van der Waals surface area (Å²) in [5.74, 6) is 3.14. The zero-order valence-corrected chi connectivity index (χ0v) is 10.7. The number of ether oxygens (including phenoxy) is 1. The number of hydrogen-bond donors (Lipinski definition) is 1. The molecule has 5 atom stereocenters. The molecule has 2 aliphatic carbocycles. The summed E-state index contributed by atoms with van der Waals surface area (Å²) in [6, 6.07) is 0. The maximum Gasteiger partial charge on any atom is 0.0569 e. The van der Waals surface area contributed by atoms with Gasteiger partial charge in [-0.3, -0.25) is 0 Å². The molecule has 0 saturated heterocycles. The average Bonchev–Trinajstić information content (AvgIpc) is 2.87. The maximum atomic E-state index is 10.2. The SMILES string of the molecule is COCCC(C)C(O)CC1CC2CCC1C2. The van der Waals surface area contributed by atoms with Crippen LogP contribution in [0.3, 0.4) is 0 Å². The summed E-state index contributed by atoms with van der Waals surface area (Å²) in [5, 5.41) is 10.2. The van der Waals surface area contributed by atoms with Crippen LogP contribution in [0.5, 0.6) is 0 Å². The zero-order chi connectivity index (χ0) is 11.5. The largest absolute Gasteiger partial charge is 0.393 e. The Labute approximate surface area is 99.4 Å². The van der Waals surface area contributed by atoms with Gasteiger partial charge in [-0.15, -0.1) is 0 Å². The number of aliphatic hydroxyl groups excluding tert-OH is 1. The van der Waals surface area contributed by atoms with Gasteiger partial charge in [0.1, 0.15) is 0 Å². The van der Waals surface area contributed by atoms with Crippen molar-refractivity contribution < 1.29 is 9.84 Å². The van der Waals surface area contributed by atoms with Gasteiger partial charge in [-0.1, -0.05) is 13.3 Å². The molecule has 2 aliphatic rings. The third kappa shape index (κ3) is 2.78. The normalized spacial score (nSPS) is 36.6. The van der Waals surface area contributed by atoms with Gasteiger partial charge in [-0.25, -0.2) is 0 Å². The van der Waals surface area contributed by atoms with Crippen molar-refractivity contribution in [2.24, 2.45) is 23.7 Å². The van der Waals surface area contributed by atoms with Crippen LogP contribution in [0.1, 0.15) is 45.4 Å². The molecule has 2 saturated carbocycles. The van der Waals surface area contributed by atoms with Crippen molar-refractivity contribution in [2.75, 3.05) is 13.7 Å². The van der Waals surface area contributed by atoms with Crippen molar-refractivity contribution in [3.63, 3.8) is 0 Å². The molecule has 2 rings (SSSR count). The molecular weight excluding hydrogens is 200 g/mol. The van der Waals surface area contributed by atoms with Crippen molar-refractivity contribution in [3.8, 4) is 0 Å². The van der Waals surface area contributed by atoms with E-state index in [4.69, 9.17) is 4.74 Å². The number of methoxy groups -OCH3 is 1. The Bertz CT molecular complexity index is 217. The highest BCUT2D eigenvalue weighted by atomic mass is 16.5. The molecule has 2 bridgehead atoms. The number of rotatable bonds is 6. The van der Waals surface area contributed by atoms with E-state index < -0.39 is 0 Å². The molecule has 0 amide bonds. The van der Waals surface area contributed by atoms with Crippen LogP contribution < -0.4 is 0 Å². The molecule has 0 radical (unpaired) electrons. The molecule has 5 unspecified atom stereocenters. The van der Waals surface area contributed by atoms with Crippen LogP contribution in [0.2, 0.25) is 0 Å². The van der Waals surface area contributed by atoms with Gasteiger partial charge in [-0.2, -0.15) is 0 Å². The molecule has 0 aliphatic heterocycles. The highest BCUT2D eigenvalue weighted by Crippen LogP contribution is 2.50. The molecule has 94 valence electrons. The molecule has 16 heavy (non-hydrogen) atoms. The third-order valence-electron chi connectivity index (χ3n) is 4.86. The minimum Gasteiger partial charge on any atom is -0.393 e. The molecule has 2 heteroatoms. The summed E-state index contributed by atoms with van der Waals surface area (Å²) < 4.78 is 5.07. The van der Waals surface area contributed by atoms with Crippen LogP contribution in [0.15, 0.2) is 0 Å². The lowest BCUT2D eigenvalue weighted by atomic mass is 9.82. The monoisotopic (exact) mass is 226 g/mol. The van der Waals surface area contributed by atoms with Crippen molar-refractivity contribution in [3.05, 3.63) is 0 Å². The fraction of sp³-hybridized carbons (Fsp3) is 1.00. The average molecular weight is 226 g/mol. The van der Waals surface area contributed by atoms with E-state index in [1.54, 1.807) is 7.11 Å². The van der Waals surface area contributed by atoms with Gasteiger partial charge in [0.05, 0.1) is 6.10 Å². The lowest BCUT2D eigenvalue weighted by Gasteiger charge is -2.27. The minimum absolute atomic E-state index is 0.112. The van der Waals surface area contributed by atoms with E-state index in [1.165, 1.54) is 25.7 Å². The first kappa shape index (κ1) is 12.4. The van der Waals surface area contributed by atoms with Crippen LogP contribution in [-0.4, -0.2) is 24.9 Å². The summed E-state index contributed by atoms with van der Waals surface area (Å²) in [4.78, 5) is 0. The number of aliphatic hydroxyl groups is 1. The number of hydrogen-bond acceptors (Lipinski definition) is 2. The molecule has 0 spiro atoms. The van der Waals surface area contributed by atoms with Gasteiger partial charge in [0, 0.05) is 13.7 Å². The first-order valence-corrected chi connectivity index (χ1v) is 6.87. The van der Waals surface area contributed by atoms with E-state index in [2.05, 4.69) is 6.92 Å². The van der Waals surface area contributed by atoms with Gasteiger partial charge in [-0.05, 0) is 55.8 Å². The standard InChI is InChI=1S/C14H26O2/c1-10(5-6-16-2)14(15)9-13-8-11-3-4-12(13)7-11/h10-15H,3-9H2,1-2H3. The third-order valence-corrected chi connectivity index (χ3v) is 4.86. The van der Waals surface area contributed by atoms with Crippen LogP contribution in [0.25, 0.3) is 0 Å². The Kier molecular flexibility index (Phi) is 4.26. The van der Waals surface area contributed by atoms with E-state index in [9.17, 15) is 5.11 Å². The number of fused-ring (bicyclic) bond motifs is 2. The molecule has 2 nitrogen and oxygen atoms in total. The lowest BCUT2D eigenvalue weighted by molar-refractivity contribution is 0.0597. The highest BCUT2D eigenvalue weighted by Gasteiger charge is 2.40. The Morgan fingerprint density at radius 1 is 1.31 bits per heavy atom. The van der Waals surface area contributed by atoms with E-state index >= 15 is 0 Å². The lowest BCUT2D eigenvalue weighted by Crippen LogP contribution is -2.24. The topological polar surface area (TPSA) is 29.5 Å². The van der Waals surface area contributed by atoms with E-state index in [1.807, 2.05) is 0 Å². The van der Waals surface area contributed by atoms with E-state index in [0.717, 1.165) is 37.2 Å². The van der Waals surface area contributed by atoms with E-state index in [-0.39, 0.29) is 6.10 Å². The Balaban J connectivity index is 1.72. The molecule has 2 fully saturated rings. The summed E-state index contributed by atoms with van der Waals surface area (Å²) in [5.41, 5.74) is 0. The Morgan fingerprint density at radius 2 is 2.12 bits per heavy atom. The predicted octanol–water partition coefficient (Wildman–Crippen LogP) is 2.85. The van der Waals surface area contributed by atoms with Crippen LogP contribution in [-0.2, 0) is 4.74 Å². The Hall–Kier alpha value is -0.0800. The molecule has 0 aromatic heterocycles. The maximum absolute atomic E-state index is 10.2. The second-order valence-corrected chi connectivity index (χ2v) is 6.00. The quantitative estimate of drug-likeness (QED) is 0.754. The summed E-state index contributed by atoms with van der Waals surface area (Å²) >= 11 is 0. The smallest absolute Gasteiger partial charge is 0.0569 e. The first-order valence-electron chi connectivity index (χ1n) is 6.87. The van der Waals surface area contributed by atoms with Gasteiger partial charge in [0.25, 0.3) is 0 Å². The second kappa shape index (κ2) is 5.50. The summed E-state index contributed by atoms with van der Waals surface area (Å²) in [6.45, 7) is 2.92. The van der Waals surface area contributed by atoms with Crippen LogP contribution in [0, 0.1) is 23.7 Å². The molecule has 0 heterocycles. The first-order chi connectivity index (χ1) is 7.70. The fourth-order valence-electron chi connectivity index (χ4n) is 3.70. The minimum atomic E-state index is -0.112. The highest BCUT2D eigenvalue weighted by molar-refractivity contribution is 4.91. The summed E-state index contributed by atoms with van der Waals surface area (Å²) in [6.07, 6.45) is 7.62. The molecular formula is C14H26O2. The van der Waals surface area contributed by atoms with Crippen LogP contribution >= 0.6 is 0 Å². The second-order valence-electron chi connectivity index (χ2n) is 6.00. The fourth-order valence-corrected chi connectivity index (χ4v) is 3.70. The van der Waals surface area contributed by atoms with Gasteiger partial charge < -0.3 is 9.84 Å². The van der Waals surface area contributed by atoms with Gasteiger partial charge >= 0.3 is 0 Å². The zero-order valence-electron chi connectivity index (χ0n) is 10.7. The van der Waals surface area contributed by atoms with Gasteiger partial charge in [0.15, 0.2) is 0 Å². The van der Waals surface area contributed by atoms with Crippen molar-refractivity contribution in [2.45, 2.75) is 51.6 Å². The Morgan fingerprint density at radius 3 is 2.69 bits per heavy atom. The van der Waals surface area contributed by atoms with Crippen molar-refractivity contribution >= 4 is 0 Å². The van der Waals surface area contributed by atoms with Crippen molar-refractivity contribution in [1.82, 2.24) is 0 Å². The molecule has 0 aromatic rings. The van der Waals surface area contributed by atoms with Gasteiger partial charge in [0.2, 0.25) is 0 Å². The van der Waals surface area contributed by atoms with Crippen LogP contribution in [0.4, 0.5) is 0 Å². The van der Waals surface area contributed by atoms with Crippen molar-refractivity contribution in [1.29, 1.82) is 0 Å². The summed E-state index contributed by atoms with van der Waals surface area (Å²) in [7, 11) is 1.73.